The van der Waals surface area contributed by atoms with Crippen molar-refractivity contribution in [3.8, 4) is 0 Å². The quantitative estimate of drug-likeness (QED) is 0.603. The molecule has 1 unspecified atom stereocenters. The molecule has 0 aromatic rings. The first-order valence-corrected chi connectivity index (χ1v) is 6.12. The Bertz CT molecular complexity index is 182. The van der Waals surface area contributed by atoms with Gasteiger partial charge in [-0.05, 0) is 13.3 Å². The highest BCUT2D eigenvalue weighted by molar-refractivity contribution is 7.91. The number of unbranched alkanes of at least 4 members (excludes halogenated alkanes) is 2. The Balaban J connectivity index is 3.62. The lowest BCUT2D eigenvalue weighted by Gasteiger charge is -2.07. The van der Waals surface area contributed by atoms with Crippen molar-refractivity contribution in [2.45, 2.75) is 44.8 Å². The third-order valence-corrected chi connectivity index (χ3v) is 3.64. The average Bonchev–Trinajstić information content (AvgIpc) is 1.86. The van der Waals surface area contributed by atoms with Crippen molar-refractivity contribution in [1.29, 1.82) is 0 Å². The fraction of sp³-hybridized carbons (Fsp3) is 1.00. The monoisotopic (exact) mass is 178 g/mol. The van der Waals surface area contributed by atoms with Gasteiger partial charge in [-0.1, -0.05) is 26.2 Å². The van der Waals surface area contributed by atoms with Crippen LogP contribution in [0.15, 0.2) is 0 Å². The second-order valence-corrected chi connectivity index (χ2v) is 5.60. The SMILES string of the molecule is CCCCCC(C)S(C)(=O)=O. The standard InChI is InChI=1S/C8H18O2S/c1-4-5-6-7-8(2)11(3,9)10/h8H,4-7H2,1-3H3. The summed E-state index contributed by atoms with van der Waals surface area (Å²) in [5.41, 5.74) is 0. The predicted molar refractivity (Wildman–Crippen MR) is 48.4 cm³/mol. The highest BCUT2D eigenvalue weighted by Gasteiger charge is 2.13. The maximum atomic E-state index is 10.9. The summed E-state index contributed by atoms with van der Waals surface area (Å²) in [7, 11) is -2.78. The van der Waals surface area contributed by atoms with E-state index in [4.69, 9.17) is 0 Å². The summed E-state index contributed by atoms with van der Waals surface area (Å²) in [5, 5.41) is -0.158. The van der Waals surface area contributed by atoms with E-state index in [2.05, 4.69) is 6.92 Å². The largest absolute Gasteiger partial charge is 0.229 e. The molecule has 2 nitrogen and oxygen atoms in total. The van der Waals surface area contributed by atoms with Gasteiger partial charge in [-0.2, -0.15) is 0 Å². The smallest absolute Gasteiger partial charge is 0.150 e. The molecule has 0 bridgehead atoms. The van der Waals surface area contributed by atoms with Gasteiger partial charge in [0, 0.05) is 6.26 Å². The first-order chi connectivity index (χ1) is 4.98. The Hall–Kier alpha value is -0.0500. The van der Waals surface area contributed by atoms with Crippen molar-refractivity contribution in [2.75, 3.05) is 6.26 Å². The van der Waals surface area contributed by atoms with E-state index in [-0.39, 0.29) is 5.25 Å². The number of hydrogen-bond donors (Lipinski definition) is 0. The molecule has 0 saturated carbocycles. The maximum Gasteiger partial charge on any atom is 0.150 e. The summed E-state index contributed by atoms with van der Waals surface area (Å²) < 4.78 is 21.9. The van der Waals surface area contributed by atoms with Gasteiger partial charge in [0.15, 0.2) is 0 Å². The van der Waals surface area contributed by atoms with E-state index < -0.39 is 9.84 Å². The zero-order valence-corrected chi connectivity index (χ0v) is 8.45. The average molecular weight is 178 g/mol. The summed E-state index contributed by atoms with van der Waals surface area (Å²) in [6, 6.07) is 0. The molecule has 0 spiro atoms. The lowest BCUT2D eigenvalue weighted by Crippen LogP contribution is -2.15. The van der Waals surface area contributed by atoms with Gasteiger partial charge in [-0.15, -0.1) is 0 Å². The molecule has 3 heteroatoms. The molecule has 0 fully saturated rings. The van der Waals surface area contributed by atoms with Crippen LogP contribution in [0.5, 0.6) is 0 Å². The van der Waals surface area contributed by atoms with Crippen LogP contribution in [0, 0.1) is 0 Å². The molecule has 0 aliphatic carbocycles. The molecule has 0 N–H and O–H groups in total. The van der Waals surface area contributed by atoms with Gasteiger partial charge in [0.1, 0.15) is 9.84 Å². The summed E-state index contributed by atoms with van der Waals surface area (Å²) >= 11 is 0. The number of rotatable bonds is 5. The Morgan fingerprint density at radius 2 is 1.82 bits per heavy atom. The zero-order valence-electron chi connectivity index (χ0n) is 7.63. The van der Waals surface area contributed by atoms with E-state index in [0.29, 0.717) is 0 Å². The fourth-order valence-electron chi connectivity index (χ4n) is 0.896. The van der Waals surface area contributed by atoms with E-state index in [1.54, 1.807) is 6.92 Å². The van der Waals surface area contributed by atoms with Gasteiger partial charge in [0.2, 0.25) is 0 Å². The van der Waals surface area contributed by atoms with E-state index in [0.717, 1.165) is 25.7 Å². The zero-order chi connectivity index (χ0) is 8.91. The first-order valence-electron chi connectivity index (χ1n) is 4.17. The highest BCUT2D eigenvalue weighted by Crippen LogP contribution is 2.09. The number of sulfone groups is 1. The Morgan fingerprint density at radius 1 is 1.27 bits per heavy atom. The third-order valence-electron chi connectivity index (χ3n) is 1.95. The molecule has 0 heterocycles. The van der Waals surface area contributed by atoms with Crippen LogP contribution in [0.2, 0.25) is 0 Å². The van der Waals surface area contributed by atoms with Gasteiger partial charge < -0.3 is 0 Å². The van der Waals surface area contributed by atoms with Crippen molar-refractivity contribution in [3.63, 3.8) is 0 Å². The second kappa shape index (κ2) is 4.75. The molecule has 11 heavy (non-hydrogen) atoms. The summed E-state index contributed by atoms with van der Waals surface area (Å²) in [6.45, 7) is 3.90. The van der Waals surface area contributed by atoms with Gasteiger partial charge in [-0.3, -0.25) is 0 Å². The lowest BCUT2D eigenvalue weighted by molar-refractivity contribution is 0.573. The molecule has 0 amide bonds. The van der Waals surface area contributed by atoms with Gasteiger partial charge >= 0.3 is 0 Å². The van der Waals surface area contributed by atoms with Gasteiger partial charge in [0.05, 0.1) is 5.25 Å². The van der Waals surface area contributed by atoms with Crippen LogP contribution in [0.3, 0.4) is 0 Å². The van der Waals surface area contributed by atoms with Crippen LogP contribution < -0.4 is 0 Å². The minimum Gasteiger partial charge on any atom is -0.229 e. The van der Waals surface area contributed by atoms with Crippen LogP contribution in [0.25, 0.3) is 0 Å². The molecular weight excluding hydrogens is 160 g/mol. The lowest BCUT2D eigenvalue weighted by atomic mass is 10.2. The van der Waals surface area contributed by atoms with Crippen LogP contribution in [-0.4, -0.2) is 19.9 Å². The Morgan fingerprint density at radius 3 is 2.18 bits per heavy atom. The molecule has 0 aromatic carbocycles. The normalized spacial score (nSPS) is 14.8. The number of hydrogen-bond acceptors (Lipinski definition) is 2. The molecular formula is C8H18O2S. The second-order valence-electron chi connectivity index (χ2n) is 3.14. The first kappa shape index (κ1) is 11.0. The molecule has 68 valence electrons. The Kier molecular flexibility index (Phi) is 4.73. The molecule has 0 rings (SSSR count). The third kappa shape index (κ3) is 5.24. The fourth-order valence-corrected chi connectivity index (χ4v) is 1.49. The molecule has 0 saturated heterocycles. The molecule has 1 atom stereocenters. The van der Waals surface area contributed by atoms with Crippen LogP contribution >= 0.6 is 0 Å². The molecule has 0 radical (unpaired) electrons. The van der Waals surface area contributed by atoms with Crippen LogP contribution in [-0.2, 0) is 9.84 Å². The predicted octanol–water partition coefficient (Wildman–Crippen LogP) is 2.00. The van der Waals surface area contributed by atoms with E-state index in [1.165, 1.54) is 6.26 Å². The minimum absolute atomic E-state index is 0.158. The van der Waals surface area contributed by atoms with Crippen LogP contribution in [0.4, 0.5) is 0 Å². The topological polar surface area (TPSA) is 34.1 Å². The van der Waals surface area contributed by atoms with Gasteiger partial charge in [0.25, 0.3) is 0 Å². The van der Waals surface area contributed by atoms with Crippen molar-refractivity contribution >= 4 is 9.84 Å². The summed E-state index contributed by atoms with van der Waals surface area (Å²) in [4.78, 5) is 0. The molecule has 0 aliphatic heterocycles. The minimum atomic E-state index is -2.78. The van der Waals surface area contributed by atoms with E-state index in [9.17, 15) is 8.42 Å². The van der Waals surface area contributed by atoms with Crippen molar-refractivity contribution in [2.24, 2.45) is 0 Å². The maximum absolute atomic E-state index is 10.9. The van der Waals surface area contributed by atoms with E-state index >= 15 is 0 Å². The Labute approximate surface area is 69.9 Å². The summed E-state index contributed by atoms with van der Waals surface area (Å²) in [6.07, 6.45) is 5.44. The van der Waals surface area contributed by atoms with E-state index in [1.807, 2.05) is 0 Å². The van der Waals surface area contributed by atoms with Crippen molar-refractivity contribution in [1.82, 2.24) is 0 Å². The van der Waals surface area contributed by atoms with Crippen LogP contribution in [0.1, 0.15) is 39.5 Å². The summed E-state index contributed by atoms with van der Waals surface area (Å²) in [5.74, 6) is 0. The highest BCUT2D eigenvalue weighted by atomic mass is 32.2. The molecule has 0 aliphatic rings. The van der Waals surface area contributed by atoms with Crippen molar-refractivity contribution < 1.29 is 8.42 Å². The van der Waals surface area contributed by atoms with Gasteiger partial charge in [-0.25, -0.2) is 8.42 Å². The molecule has 0 aromatic heterocycles. The van der Waals surface area contributed by atoms with Crippen molar-refractivity contribution in [3.05, 3.63) is 0 Å².